The molecule has 0 unspecified atom stereocenters. The van der Waals surface area contributed by atoms with E-state index in [0.29, 0.717) is 12.8 Å². The number of unbranched alkanes of at least 4 members (excludes halogenated alkanes) is 10. The van der Waals surface area contributed by atoms with Gasteiger partial charge in [0, 0.05) is 12.8 Å². The second kappa shape index (κ2) is 33.2. The van der Waals surface area contributed by atoms with Gasteiger partial charge in [0.2, 0.25) is 0 Å². The van der Waals surface area contributed by atoms with Gasteiger partial charge >= 0.3 is 19.8 Å². The van der Waals surface area contributed by atoms with Crippen molar-refractivity contribution >= 4 is 19.8 Å². The van der Waals surface area contributed by atoms with E-state index in [1.54, 1.807) is 42.5 Å². The van der Waals surface area contributed by atoms with E-state index < -0.39 is 57.4 Å². The predicted octanol–water partition coefficient (Wildman–Crippen LogP) is 8.11. The number of allylic oxidation sites excluding steroid dienone is 7. The molecule has 0 rings (SSSR count). The molecule has 4 atom stereocenters. The maximum atomic E-state index is 12.4. The fourth-order valence-corrected chi connectivity index (χ4v) is 5.44. The Morgan fingerprint density at radius 2 is 1.19 bits per heavy atom. The van der Waals surface area contributed by atoms with Gasteiger partial charge in [0.05, 0.1) is 24.9 Å². The van der Waals surface area contributed by atoms with E-state index in [1.165, 1.54) is 57.4 Å². The summed E-state index contributed by atoms with van der Waals surface area (Å²) in [6, 6.07) is 0. The summed E-state index contributed by atoms with van der Waals surface area (Å²) in [6.07, 6.45) is 29.0. The molecule has 0 spiro atoms. The third-order valence-electron chi connectivity index (χ3n) is 8.07. The average Bonchev–Trinajstić information content (AvgIpc) is 3.08. The van der Waals surface area contributed by atoms with E-state index in [1.807, 2.05) is 19.1 Å². The minimum absolute atomic E-state index is 0.0897. The van der Waals surface area contributed by atoms with Crippen molar-refractivity contribution in [3.63, 3.8) is 0 Å². The van der Waals surface area contributed by atoms with Crippen LogP contribution in [0.2, 0.25) is 0 Å². The zero-order chi connectivity index (χ0) is 38.9. The van der Waals surface area contributed by atoms with Crippen LogP contribution >= 0.6 is 7.82 Å². The zero-order valence-corrected chi connectivity index (χ0v) is 32.8. The third kappa shape index (κ3) is 34.7. The molecule has 0 heterocycles. The summed E-state index contributed by atoms with van der Waals surface area (Å²) < 4.78 is 26.1. The molecule has 0 aromatic carbocycles. The van der Waals surface area contributed by atoms with E-state index in [2.05, 4.69) is 18.4 Å². The lowest BCUT2D eigenvalue weighted by Gasteiger charge is -2.18. The molecule has 0 bridgehead atoms. The number of carbonyl (C=O) groups excluding carboxylic acids is 2. The van der Waals surface area contributed by atoms with Gasteiger partial charge < -0.3 is 34.6 Å². The first kappa shape index (κ1) is 49.6. The lowest BCUT2D eigenvalue weighted by Crippen LogP contribution is -2.29. The fraction of sp³-hybridized carbons (Fsp3) is 0.700. The molecule has 0 saturated heterocycles. The van der Waals surface area contributed by atoms with Crippen LogP contribution in [-0.2, 0) is 28.2 Å². The van der Waals surface area contributed by atoms with Crippen molar-refractivity contribution in [2.24, 2.45) is 5.92 Å². The van der Waals surface area contributed by atoms with E-state index in [9.17, 15) is 29.5 Å². The zero-order valence-electron chi connectivity index (χ0n) is 31.9. The normalized spacial score (nSPS) is 15.1. The number of hydrogen-bond acceptors (Lipinski definition) is 9. The summed E-state index contributed by atoms with van der Waals surface area (Å²) in [7, 11) is -4.84. The molecule has 12 heteroatoms. The molecule has 0 radical (unpaired) electrons. The van der Waals surface area contributed by atoms with Gasteiger partial charge in [0.15, 0.2) is 6.10 Å². The Morgan fingerprint density at radius 1 is 0.654 bits per heavy atom. The van der Waals surface area contributed by atoms with E-state index in [-0.39, 0.29) is 25.7 Å². The number of esters is 2. The summed E-state index contributed by atoms with van der Waals surface area (Å²) >= 11 is 0. The number of aliphatic hydroxyl groups excluding tert-OH is 3. The number of phosphoric acid groups is 1. The smallest absolute Gasteiger partial charge is 0.462 e. The van der Waals surface area contributed by atoms with Crippen molar-refractivity contribution in [1.82, 2.24) is 0 Å². The Kier molecular flexibility index (Phi) is 31.7. The van der Waals surface area contributed by atoms with Crippen LogP contribution in [0.5, 0.6) is 0 Å². The van der Waals surface area contributed by atoms with Gasteiger partial charge in [-0.25, -0.2) is 4.57 Å². The minimum Gasteiger partial charge on any atom is -0.462 e. The van der Waals surface area contributed by atoms with Crippen LogP contribution in [0.1, 0.15) is 136 Å². The second-order valence-electron chi connectivity index (χ2n) is 13.6. The minimum atomic E-state index is -4.84. The van der Waals surface area contributed by atoms with Crippen molar-refractivity contribution < 1.29 is 53.3 Å². The van der Waals surface area contributed by atoms with E-state index >= 15 is 0 Å². The molecular formula is C40H69O11P. The lowest BCUT2D eigenvalue weighted by molar-refractivity contribution is -0.161. The lowest BCUT2D eigenvalue weighted by atomic mass is 10.0. The number of rotatable bonds is 33. The number of carbonyl (C=O) groups is 2. The van der Waals surface area contributed by atoms with Crippen LogP contribution in [0.4, 0.5) is 0 Å². The highest BCUT2D eigenvalue weighted by Gasteiger charge is 2.23. The van der Waals surface area contributed by atoms with Gasteiger partial charge in [0.1, 0.15) is 6.61 Å². The highest BCUT2D eigenvalue weighted by Crippen LogP contribution is 2.36. The molecule has 0 aromatic rings. The van der Waals surface area contributed by atoms with Crippen molar-refractivity contribution in [2.45, 2.75) is 161 Å². The number of hydrogen-bond donors (Lipinski definition) is 5. The van der Waals surface area contributed by atoms with Crippen LogP contribution < -0.4 is 0 Å². The van der Waals surface area contributed by atoms with Crippen molar-refractivity contribution in [1.29, 1.82) is 0 Å². The van der Waals surface area contributed by atoms with Crippen LogP contribution in [-0.4, -0.2) is 74.7 Å². The van der Waals surface area contributed by atoms with E-state index in [4.69, 9.17) is 19.3 Å². The number of ether oxygens (including phenoxy) is 2. The molecular weight excluding hydrogens is 687 g/mol. The van der Waals surface area contributed by atoms with Gasteiger partial charge in [-0.05, 0) is 38.0 Å². The van der Waals surface area contributed by atoms with Crippen molar-refractivity contribution in [3.05, 3.63) is 60.8 Å². The molecule has 5 N–H and O–H groups in total. The Hall–Kier alpha value is -2.37. The summed E-state index contributed by atoms with van der Waals surface area (Å²) in [6.45, 7) is 5.48. The molecule has 0 saturated carbocycles. The maximum Gasteiger partial charge on any atom is 0.469 e. The van der Waals surface area contributed by atoms with Gasteiger partial charge in [-0.1, -0.05) is 152 Å². The molecule has 0 aromatic heterocycles. The van der Waals surface area contributed by atoms with E-state index in [0.717, 1.165) is 31.6 Å². The molecule has 0 fully saturated rings. The number of phosphoric ester groups is 1. The second-order valence-corrected chi connectivity index (χ2v) is 14.8. The van der Waals surface area contributed by atoms with Gasteiger partial charge in [-0.3, -0.25) is 14.1 Å². The van der Waals surface area contributed by atoms with Crippen LogP contribution in [0.3, 0.4) is 0 Å². The standard InChI is InChI=1S/C40H69O11P/c1-4-5-19-26-35(41)27-21-16-13-14-17-22-28-37(42)38(43)29-24-31-39(44)49-32-36(33-50-52(46,47)48)51-40(45)30-23-18-12-10-8-6-7-9-11-15-20-25-34(2)3/h5,13-14,16-17,19,21-22,27-28,34-38,41-43H,4,6-12,15,18,20,23-26,29-33H2,1-3H3,(H2,46,47,48)/b16-13+,17-14-,19-5-,27-21+,28-22-/t35-,36-,37+,38+/m1/s1. The molecule has 0 aliphatic carbocycles. The van der Waals surface area contributed by atoms with Crippen LogP contribution in [0, 0.1) is 5.92 Å². The molecule has 300 valence electrons. The van der Waals surface area contributed by atoms with Gasteiger partial charge in [0.25, 0.3) is 0 Å². The first-order valence-electron chi connectivity index (χ1n) is 19.3. The Balaban J connectivity index is 4.32. The fourth-order valence-electron chi connectivity index (χ4n) is 5.07. The summed E-state index contributed by atoms with van der Waals surface area (Å²) in [5.74, 6) is -0.436. The number of aliphatic hydroxyl groups is 3. The Labute approximate surface area is 313 Å². The van der Waals surface area contributed by atoms with Gasteiger partial charge in [-0.15, -0.1) is 0 Å². The summed E-state index contributed by atoms with van der Waals surface area (Å²) in [4.78, 5) is 42.8. The molecule has 0 aliphatic rings. The first-order chi connectivity index (χ1) is 24.8. The molecule has 52 heavy (non-hydrogen) atoms. The largest absolute Gasteiger partial charge is 0.469 e. The monoisotopic (exact) mass is 756 g/mol. The maximum absolute atomic E-state index is 12.4. The molecule has 11 nitrogen and oxygen atoms in total. The molecule has 0 amide bonds. The first-order valence-corrected chi connectivity index (χ1v) is 20.8. The van der Waals surface area contributed by atoms with Crippen molar-refractivity contribution in [2.75, 3.05) is 13.2 Å². The summed E-state index contributed by atoms with van der Waals surface area (Å²) in [5.41, 5.74) is 0. The highest BCUT2D eigenvalue weighted by molar-refractivity contribution is 7.46. The van der Waals surface area contributed by atoms with Crippen LogP contribution in [0.15, 0.2) is 60.8 Å². The molecule has 0 aliphatic heterocycles. The average molecular weight is 757 g/mol. The Bertz CT molecular complexity index is 1090. The van der Waals surface area contributed by atoms with Crippen LogP contribution in [0.25, 0.3) is 0 Å². The highest BCUT2D eigenvalue weighted by atomic mass is 31.2. The Morgan fingerprint density at radius 3 is 1.77 bits per heavy atom. The topological polar surface area (TPSA) is 180 Å². The third-order valence-corrected chi connectivity index (χ3v) is 8.56. The predicted molar refractivity (Wildman–Crippen MR) is 206 cm³/mol. The summed E-state index contributed by atoms with van der Waals surface area (Å²) in [5, 5.41) is 30.2. The van der Waals surface area contributed by atoms with Gasteiger partial charge in [-0.2, -0.15) is 0 Å². The quantitative estimate of drug-likeness (QED) is 0.0144. The van der Waals surface area contributed by atoms with Crippen molar-refractivity contribution in [3.8, 4) is 0 Å². The SMILES string of the molecule is CC/C=C\C[C@@H](O)/C=C/C=C/C=C\C=C/[C@H](O)[C@@H](O)CCCC(=O)OC[C@H](COP(=O)(O)O)OC(=O)CCCCCCCCCCCCCC(C)C.